The third kappa shape index (κ3) is 7.67. The summed E-state index contributed by atoms with van der Waals surface area (Å²) in [4.78, 5) is 36.9. The summed E-state index contributed by atoms with van der Waals surface area (Å²) >= 11 is 13.8. The van der Waals surface area contributed by atoms with Crippen LogP contribution in [0.15, 0.2) is 22.9 Å². The Hall–Kier alpha value is -1.71. The summed E-state index contributed by atoms with van der Waals surface area (Å²) in [5.74, 6) is 0.0334. The molecule has 2 aliphatic heterocycles. The molecule has 202 valence electrons. The van der Waals surface area contributed by atoms with Gasteiger partial charge in [0.05, 0.1) is 12.1 Å². The number of likely N-dealkylation sites (tertiary alicyclic amines) is 2. The quantitative estimate of drug-likeness (QED) is 0.417. The SMILES string of the molecule is Cc1cc(Cl)nc(Cl)c1C(=O)NCCC(C)N1CCC(N(Cc2ccsc2)C(=O)CN2CCCC2)CC1. The molecule has 7 nitrogen and oxygen atoms in total. The standard InChI is InChI=1S/C27H37Cl2N5O2S/c1-19-15-23(28)31-26(29)25(19)27(36)30-9-5-20(2)33-12-6-22(7-13-33)34(16-21-8-14-37-18-21)24(35)17-32-10-3-4-11-32/h8,14-15,18,20,22H,3-7,9-13,16-17H2,1-2H3,(H,30,36). The minimum absolute atomic E-state index is 0.129. The number of pyridine rings is 1. The highest BCUT2D eigenvalue weighted by Gasteiger charge is 2.31. The third-order valence-electron chi connectivity index (χ3n) is 7.59. The molecule has 2 saturated heterocycles. The Balaban J connectivity index is 1.27. The van der Waals surface area contributed by atoms with Gasteiger partial charge in [-0.15, -0.1) is 0 Å². The zero-order valence-corrected chi connectivity index (χ0v) is 24.0. The fourth-order valence-corrected chi connectivity index (χ4v) is 6.67. The Morgan fingerprint density at radius 3 is 2.59 bits per heavy atom. The molecule has 2 aliphatic rings. The van der Waals surface area contributed by atoms with E-state index in [0.29, 0.717) is 36.8 Å². The number of thiophene rings is 1. The zero-order valence-electron chi connectivity index (χ0n) is 21.7. The highest BCUT2D eigenvalue weighted by Crippen LogP contribution is 2.24. The molecule has 0 bridgehead atoms. The number of aryl methyl sites for hydroxylation is 1. The lowest BCUT2D eigenvalue weighted by molar-refractivity contribution is -0.136. The molecule has 10 heteroatoms. The van der Waals surface area contributed by atoms with Gasteiger partial charge >= 0.3 is 0 Å². The van der Waals surface area contributed by atoms with Crippen molar-refractivity contribution in [3.05, 3.63) is 49.9 Å². The molecule has 37 heavy (non-hydrogen) atoms. The lowest BCUT2D eigenvalue weighted by Crippen LogP contribution is -2.51. The summed E-state index contributed by atoms with van der Waals surface area (Å²) < 4.78 is 0. The molecule has 4 rings (SSSR count). The number of carbonyl (C=O) groups excluding carboxylic acids is 2. The van der Waals surface area contributed by atoms with E-state index in [4.69, 9.17) is 23.2 Å². The second kappa shape index (κ2) is 13.4. The fraction of sp³-hybridized carbons (Fsp3) is 0.593. The average molecular weight is 567 g/mol. The van der Waals surface area contributed by atoms with Crippen LogP contribution in [0, 0.1) is 6.92 Å². The van der Waals surface area contributed by atoms with Gasteiger partial charge in [-0.2, -0.15) is 11.3 Å². The van der Waals surface area contributed by atoms with Gasteiger partial charge in [0.15, 0.2) is 0 Å². The summed E-state index contributed by atoms with van der Waals surface area (Å²) in [6, 6.07) is 4.36. The van der Waals surface area contributed by atoms with E-state index in [-0.39, 0.29) is 28.2 Å². The molecule has 1 unspecified atom stereocenters. The van der Waals surface area contributed by atoms with Crippen LogP contribution in [0.3, 0.4) is 0 Å². The van der Waals surface area contributed by atoms with Gasteiger partial charge in [-0.25, -0.2) is 4.98 Å². The van der Waals surface area contributed by atoms with Gasteiger partial charge in [0.2, 0.25) is 5.91 Å². The van der Waals surface area contributed by atoms with Crippen LogP contribution in [0.2, 0.25) is 10.3 Å². The fourth-order valence-electron chi connectivity index (χ4n) is 5.40. The van der Waals surface area contributed by atoms with Crippen LogP contribution in [0.1, 0.15) is 60.5 Å². The molecule has 1 atom stereocenters. The second-order valence-electron chi connectivity index (χ2n) is 10.2. The van der Waals surface area contributed by atoms with Crippen LogP contribution in [0.25, 0.3) is 0 Å². The Morgan fingerprint density at radius 2 is 1.95 bits per heavy atom. The number of amides is 2. The number of hydrogen-bond donors (Lipinski definition) is 1. The topological polar surface area (TPSA) is 68.8 Å². The van der Waals surface area contributed by atoms with Gasteiger partial charge in [0, 0.05) is 38.3 Å². The molecule has 0 radical (unpaired) electrons. The van der Waals surface area contributed by atoms with E-state index in [9.17, 15) is 9.59 Å². The molecule has 2 amide bonds. The van der Waals surface area contributed by atoms with Crippen LogP contribution in [-0.4, -0.2) is 82.9 Å². The number of hydrogen-bond acceptors (Lipinski definition) is 6. The number of nitrogens with zero attached hydrogens (tertiary/aromatic N) is 4. The van der Waals surface area contributed by atoms with Crippen LogP contribution in [0.5, 0.6) is 0 Å². The lowest BCUT2D eigenvalue weighted by atomic mass is 10.00. The Bertz CT molecular complexity index is 1030. The number of halogens is 2. The van der Waals surface area contributed by atoms with Crippen molar-refractivity contribution in [2.45, 2.75) is 64.6 Å². The average Bonchev–Trinajstić information content (AvgIpc) is 3.56. The van der Waals surface area contributed by atoms with Gasteiger partial charge in [-0.05, 0) is 93.1 Å². The summed E-state index contributed by atoms with van der Waals surface area (Å²) in [6.45, 7) is 9.75. The van der Waals surface area contributed by atoms with Crippen LogP contribution >= 0.6 is 34.5 Å². The van der Waals surface area contributed by atoms with Crippen molar-refractivity contribution < 1.29 is 9.59 Å². The summed E-state index contributed by atoms with van der Waals surface area (Å²) in [5.41, 5.74) is 2.31. The van der Waals surface area contributed by atoms with Gasteiger partial charge in [0.25, 0.3) is 5.91 Å². The summed E-state index contributed by atoms with van der Waals surface area (Å²) in [5, 5.41) is 7.62. The van der Waals surface area contributed by atoms with E-state index in [0.717, 1.165) is 45.4 Å². The molecular weight excluding hydrogens is 529 g/mol. The van der Waals surface area contributed by atoms with E-state index in [2.05, 4.69) is 48.8 Å². The first-order valence-electron chi connectivity index (χ1n) is 13.2. The largest absolute Gasteiger partial charge is 0.352 e. The van der Waals surface area contributed by atoms with E-state index in [1.54, 1.807) is 24.3 Å². The Labute approximate surface area is 234 Å². The Morgan fingerprint density at radius 1 is 1.22 bits per heavy atom. The summed E-state index contributed by atoms with van der Waals surface area (Å²) in [7, 11) is 0. The lowest BCUT2D eigenvalue weighted by Gasteiger charge is -2.41. The van der Waals surface area contributed by atoms with Gasteiger partial charge in [-0.3, -0.25) is 14.5 Å². The molecule has 0 aromatic carbocycles. The first kappa shape index (κ1) is 28.3. The smallest absolute Gasteiger partial charge is 0.254 e. The normalized spacial score (nSPS) is 18.2. The van der Waals surface area contributed by atoms with Crippen LogP contribution < -0.4 is 5.32 Å². The van der Waals surface area contributed by atoms with Crippen molar-refractivity contribution in [3.63, 3.8) is 0 Å². The predicted molar refractivity (Wildman–Crippen MR) is 151 cm³/mol. The maximum absolute atomic E-state index is 13.3. The number of carbonyl (C=O) groups is 2. The molecule has 0 aliphatic carbocycles. The highest BCUT2D eigenvalue weighted by atomic mass is 35.5. The number of rotatable bonds is 10. The molecular formula is C27H37Cl2N5O2S. The van der Waals surface area contributed by atoms with Gasteiger partial charge in [0.1, 0.15) is 10.3 Å². The van der Waals surface area contributed by atoms with Crippen LogP contribution in [0.4, 0.5) is 0 Å². The number of aromatic nitrogens is 1. The molecule has 2 aromatic heterocycles. The molecule has 0 spiro atoms. The zero-order chi connectivity index (χ0) is 26.4. The molecule has 4 heterocycles. The van der Waals surface area contributed by atoms with Crippen molar-refractivity contribution >= 4 is 46.4 Å². The first-order valence-corrected chi connectivity index (χ1v) is 14.9. The maximum Gasteiger partial charge on any atom is 0.254 e. The van der Waals surface area contributed by atoms with Crippen molar-refractivity contribution in [2.24, 2.45) is 0 Å². The number of piperidine rings is 1. The van der Waals surface area contributed by atoms with Crippen molar-refractivity contribution in [2.75, 3.05) is 39.3 Å². The van der Waals surface area contributed by atoms with E-state index in [1.807, 2.05) is 0 Å². The molecule has 0 saturated carbocycles. The third-order valence-corrected chi connectivity index (χ3v) is 8.79. The summed E-state index contributed by atoms with van der Waals surface area (Å²) in [6.07, 6.45) is 5.16. The van der Waals surface area contributed by atoms with Crippen molar-refractivity contribution in [1.29, 1.82) is 0 Å². The second-order valence-corrected chi connectivity index (χ2v) is 11.8. The number of nitrogens with one attached hydrogen (secondary N) is 1. The van der Waals surface area contributed by atoms with Crippen molar-refractivity contribution in [3.8, 4) is 0 Å². The highest BCUT2D eigenvalue weighted by molar-refractivity contribution is 7.07. The monoisotopic (exact) mass is 565 g/mol. The van der Waals surface area contributed by atoms with Crippen molar-refractivity contribution in [1.82, 2.24) is 25.0 Å². The predicted octanol–water partition coefficient (Wildman–Crippen LogP) is 4.86. The molecule has 2 aromatic rings. The van der Waals surface area contributed by atoms with Gasteiger partial charge < -0.3 is 15.1 Å². The Kier molecular flexibility index (Phi) is 10.2. The minimum Gasteiger partial charge on any atom is -0.352 e. The minimum atomic E-state index is -0.224. The van der Waals surface area contributed by atoms with E-state index in [1.165, 1.54) is 18.4 Å². The van der Waals surface area contributed by atoms with Gasteiger partial charge in [-0.1, -0.05) is 23.2 Å². The molecule has 1 N–H and O–H groups in total. The molecule has 2 fully saturated rings. The first-order chi connectivity index (χ1) is 17.8. The van der Waals surface area contributed by atoms with Crippen LogP contribution in [-0.2, 0) is 11.3 Å². The van der Waals surface area contributed by atoms with E-state index >= 15 is 0 Å². The van der Waals surface area contributed by atoms with E-state index < -0.39 is 0 Å². The maximum atomic E-state index is 13.3.